The lowest BCUT2D eigenvalue weighted by atomic mass is 10.2. The van der Waals surface area contributed by atoms with Crippen molar-refractivity contribution in [3.05, 3.63) is 60.3 Å². The minimum atomic E-state index is -0.700. The average molecular weight is 289 g/mol. The van der Waals surface area contributed by atoms with Gasteiger partial charge in [-0.15, -0.1) is 6.58 Å². The monoisotopic (exact) mass is 289 g/mol. The number of ether oxygens (including phenoxy) is 2. The van der Waals surface area contributed by atoms with Gasteiger partial charge in [0, 0.05) is 0 Å². The highest BCUT2D eigenvalue weighted by atomic mass is 16.6. The van der Waals surface area contributed by atoms with Crippen molar-refractivity contribution in [3.63, 3.8) is 0 Å². The van der Waals surface area contributed by atoms with Crippen LogP contribution < -0.4 is 5.32 Å². The highest BCUT2D eigenvalue weighted by Gasteiger charge is 2.13. The first-order valence-corrected chi connectivity index (χ1v) is 6.54. The van der Waals surface area contributed by atoms with Gasteiger partial charge in [0.1, 0.15) is 12.3 Å². The Bertz CT molecular complexity index is 508. The van der Waals surface area contributed by atoms with Gasteiger partial charge in [-0.2, -0.15) is 0 Å². The van der Waals surface area contributed by atoms with E-state index in [4.69, 9.17) is 4.74 Å². The molecule has 0 saturated heterocycles. The van der Waals surface area contributed by atoms with Crippen LogP contribution in [0, 0.1) is 0 Å². The van der Waals surface area contributed by atoms with Crippen molar-refractivity contribution in [1.29, 1.82) is 0 Å². The van der Waals surface area contributed by atoms with Gasteiger partial charge in [0.05, 0.1) is 7.11 Å². The molecule has 0 bridgehead atoms. The summed E-state index contributed by atoms with van der Waals surface area (Å²) in [5.41, 5.74) is 0.931. The number of nitrogens with one attached hydrogen (secondary N) is 1. The fraction of sp³-hybridized carbons (Fsp3) is 0.250. The van der Waals surface area contributed by atoms with Gasteiger partial charge >= 0.3 is 12.1 Å². The Balaban J connectivity index is 2.53. The summed E-state index contributed by atoms with van der Waals surface area (Å²) in [5, 5.41) is 2.39. The van der Waals surface area contributed by atoms with Crippen LogP contribution >= 0.6 is 0 Å². The molecule has 0 unspecified atom stereocenters. The van der Waals surface area contributed by atoms with Crippen LogP contribution in [0.15, 0.2) is 54.8 Å². The molecule has 1 N–H and O–H groups in total. The Morgan fingerprint density at radius 1 is 1.24 bits per heavy atom. The van der Waals surface area contributed by atoms with Crippen molar-refractivity contribution >= 4 is 12.1 Å². The first kappa shape index (κ1) is 16.5. The second-order valence-corrected chi connectivity index (χ2v) is 4.16. The first-order valence-electron chi connectivity index (χ1n) is 6.54. The predicted molar refractivity (Wildman–Crippen MR) is 79.3 cm³/mol. The molecule has 112 valence electrons. The molecule has 0 heterocycles. The molecule has 21 heavy (non-hydrogen) atoms. The van der Waals surface area contributed by atoms with E-state index in [-0.39, 0.29) is 12.3 Å². The van der Waals surface area contributed by atoms with Crippen molar-refractivity contribution in [2.75, 3.05) is 7.11 Å². The van der Waals surface area contributed by atoms with Crippen molar-refractivity contribution in [3.8, 4) is 0 Å². The summed E-state index contributed by atoms with van der Waals surface area (Å²) in [6.45, 7) is 3.72. The van der Waals surface area contributed by atoms with Crippen molar-refractivity contribution < 1.29 is 19.1 Å². The van der Waals surface area contributed by atoms with E-state index in [9.17, 15) is 9.59 Å². The lowest BCUT2D eigenvalue weighted by Gasteiger charge is -2.09. The number of unbranched alkanes of at least 4 members (excludes halogenated alkanes) is 1. The predicted octanol–water partition coefficient (Wildman–Crippen LogP) is 2.94. The lowest BCUT2D eigenvalue weighted by molar-refractivity contribution is -0.136. The molecular weight excluding hydrogens is 270 g/mol. The maximum Gasteiger partial charge on any atom is 0.412 e. The fourth-order valence-corrected chi connectivity index (χ4v) is 1.51. The summed E-state index contributed by atoms with van der Waals surface area (Å²) >= 11 is 0. The topological polar surface area (TPSA) is 64.6 Å². The molecule has 1 aromatic rings. The Labute approximate surface area is 124 Å². The van der Waals surface area contributed by atoms with E-state index in [1.807, 2.05) is 30.3 Å². The number of hydrogen-bond acceptors (Lipinski definition) is 4. The lowest BCUT2D eigenvalue weighted by Crippen LogP contribution is -2.28. The number of amides is 1. The number of carbonyl (C=O) groups excluding carboxylic acids is 2. The molecule has 0 fully saturated rings. The third-order valence-corrected chi connectivity index (χ3v) is 2.57. The van der Waals surface area contributed by atoms with Crippen molar-refractivity contribution in [1.82, 2.24) is 5.32 Å². The van der Waals surface area contributed by atoms with Gasteiger partial charge in [-0.05, 0) is 18.4 Å². The number of allylic oxidation sites excluding steroid dienone is 2. The van der Waals surface area contributed by atoms with Gasteiger partial charge in [0.25, 0.3) is 0 Å². The number of esters is 1. The Hall–Kier alpha value is -2.56. The molecule has 0 radical (unpaired) electrons. The minimum Gasteiger partial charge on any atom is -0.464 e. The second kappa shape index (κ2) is 9.36. The van der Waals surface area contributed by atoms with Crippen LogP contribution in [0.5, 0.6) is 0 Å². The molecule has 0 spiro atoms. The van der Waals surface area contributed by atoms with E-state index in [1.54, 1.807) is 12.2 Å². The molecule has 0 aromatic heterocycles. The van der Waals surface area contributed by atoms with Crippen LogP contribution in [0.4, 0.5) is 4.79 Å². The van der Waals surface area contributed by atoms with E-state index in [0.717, 1.165) is 5.56 Å². The zero-order valence-electron chi connectivity index (χ0n) is 12.0. The van der Waals surface area contributed by atoms with E-state index in [1.165, 1.54) is 7.11 Å². The molecule has 0 aliphatic heterocycles. The molecule has 0 saturated carbocycles. The molecule has 0 atom stereocenters. The minimum absolute atomic E-state index is 0.0670. The molecular formula is C16H19NO4. The van der Waals surface area contributed by atoms with Crippen LogP contribution in [-0.2, 0) is 20.9 Å². The number of benzene rings is 1. The van der Waals surface area contributed by atoms with Crippen LogP contribution in [0.25, 0.3) is 0 Å². The van der Waals surface area contributed by atoms with Gasteiger partial charge in [-0.1, -0.05) is 42.5 Å². The Kier molecular flexibility index (Phi) is 7.35. The van der Waals surface area contributed by atoms with E-state index >= 15 is 0 Å². The van der Waals surface area contributed by atoms with Gasteiger partial charge in [0.2, 0.25) is 0 Å². The second-order valence-electron chi connectivity index (χ2n) is 4.16. The third-order valence-electron chi connectivity index (χ3n) is 2.57. The van der Waals surface area contributed by atoms with Crippen molar-refractivity contribution in [2.45, 2.75) is 19.4 Å². The highest BCUT2D eigenvalue weighted by molar-refractivity contribution is 5.92. The molecule has 5 heteroatoms. The normalized spacial score (nSPS) is 10.6. The maximum absolute atomic E-state index is 11.7. The van der Waals surface area contributed by atoms with Crippen LogP contribution in [0.3, 0.4) is 0 Å². The molecule has 5 nitrogen and oxygen atoms in total. The van der Waals surface area contributed by atoms with Crippen LogP contribution in [-0.4, -0.2) is 19.2 Å². The first-order chi connectivity index (χ1) is 10.2. The third kappa shape index (κ3) is 6.42. The summed E-state index contributed by atoms with van der Waals surface area (Å²) < 4.78 is 9.64. The van der Waals surface area contributed by atoms with Gasteiger partial charge in [-0.3, -0.25) is 5.32 Å². The molecule has 1 rings (SSSR count). The summed E-state index contributed by atoms with van der Waals surface area (Å²) in [6.07, 6.45) is 3.87. The number of rotatable bonds is 7. The molecule has 1 aromatic carbocycles. The summed E-state index contributed by atoms with van der Waals surface area (Å²) in [5.74, 6) is -0.615. The van der Waals surface area contributed by atoms with Gasteiger partial charge in [-0.25, -0.2) is 9.59 Å². The average Bonchev–Trinajstić information content (AvgIpc) is 2.52. The summed E-state index contributed by atoms with van der Waals surface area (Å²) in [4.78, 5) is 23.2. The van der Waals surface area contributed by atoms with E-state index in [0.29, 0.717) is 12.8 Å². The molecule has 0 aliphatic rings. The maximum atomic E-state index is 11.7. The molecule has 1 amide bonds. The SMILES string of the molecule is C=CCC/C=C(\NC(=O)OCc1ccccc1)C(=O)OC. The van der Waals surface area contributed by atoms with E-state index < -0.39 is 12.1 Å². The Morgan fingerprint density at radius 3 is 2.57 bits per heavy atom. The van der Waals surface area contributed by atoms with Crippen molar-refractivity contribution in [2.24, 2.45) is 0 Å². The molecule has 0 aliphatic carbocycles. The standard InChI is InChI=1S/C16H19NO4/c1-3-4-6-11-14(15(18)20-2)17-16(19)21-12-13-9-7-5-8-10-13/h3,5,7-11H,1,4,6,12H2,2H3,(H,17,19)/b14-11-. The fourth-order valence-electron chi connectivity index (χ4n) is 1.51. The summed E-state index contributed by atoms with van der Waals surface area (Å²) in [7, 11) is 1.25. The smallest absolute Gasteiger partial charge is 0.412 e. The van der Waals surface area contributed by atoms with Crippen LogP contribution in [0.1, 0.15) is 18.4 Å². The quantitative estimate of drug-likeness (QED) is 0.363. The zero-order valence-corrected chi connectivity index (χ0v) is 12.0. The summed E-state index contributed by atoms with van der Waals surface area (Å²) in [6, 6.07) is 9.27. The van der Waals surface area contributed by atoms with Crippen LogP contribution in [0.2, 0.25) is 0 Å². The number of hydrogen-bond donors (Lipinski definition) is 1. The Morgan fingerprint density at radius 2 is 1.95 bits per heavy atom. The van der Waals surface area contributed by atoms with Gasteiger partial charge < -0.3 is 9.47 Å². The van der Waals surface area contributed by atoms with Gasteiger partial charge in [0.15, 0.2) is 0 Å². The number of alkyl carbamates (subject to hydrolysis) is 1. The number of methoxy groups -OCH3 is 1. The largest absolute Gasteiger partial charge is 0.464 e. The zero-order chi connectivity index (χ0) is 15.5. The highest BCUT2D eigenvalue weighted by Crippen LogP contribution is 2.03. The number of carbonyl (C=O) groups is 2. The van der Waals surface area contributed by atoms with E-state index in [2.05, 4.69) is 16.6 Å².